The minimum absolute atomic E-state index is 0.174. The number of hydrogen-bond donors (Lipinski definition) is 2. The van der Waals surface area contributed by atoms with Gasteiger partial charge in [0.2, 0.25) is 5.95 Å². The summed E-state index contributed by atoms with van der Waals surface area (Å²) in [5.74, 6) is 0.174. The van der Waals surface area contributed by atoms with Crippen LogP contribution in [0.3, 0.4) is 0 Å². The van der Waals surface area contributed by atoms with E-state index in [4.69, 9.17) is 5.10 Å². The average molecular weight is 433 g/mol. The molecule has 2 heterocycles. The Morgan fingerprint density at radius 1 is 0.879 bits per heavy atom. The summed E-state index contributed by atoms with van der Waals surface area (Å²) in [6.45, 7) is 0. The molecule has 0 spiro atoms. The summed E-state index contributed by atoms with van der Waals surface area (Å²) in [7, 11) is 0. The van der Waals surface area contributed by atoms with Gasteiger partial charge in [0.1, 0.15) is 6.20 Å². The van der Waals surface area contributed by atoms with Crippen LogP contribution in [0.2, 0.25) is 0 Å². The molecule has 3 aromatic carbocycles. The Labute approximate surface area is 189 Å². The van der Waals surface area contributed by atoms with Crippen molar-refractivity contribution in [2.75, 3.05) is 5.43 Å². The number of hydrogen-bond acceptors (Lipinski definition) is 6. The van der Waals surface area contributed by atoms with Crippen molar-refractivity contribution in [1.82, 2.24) is 25.0 Å². The number of hydrazone groups is 1. The van der Waals surface area contributed by atoms with Gasteiger partial charge >= 0.3 is 0 Å². The number of benzene rings is 3. The first-order valence-corrected chi connectivity index (χ1v) is 10.3. The van der Waals surface area contributed by atoms with Gasteiger partial charge in [0.05, 0.1) is 23.3 Å². The highest BCUT2D eigenvalue weighted by Gasteiger charge is 2.13. The van der Waals surface area contributed by atoms with E-state index >= 15 is 0 Å². The number of aromatic amines is 1. The molecule has 0 aliphatic heterocycles. The Bertz CT molecular complexity index is 1440. The summed E-state index contributed by atoms with van der Waals surface area (Å²) in [5, 5.41) is 16.3. The zero-order chi connectivity index (χ0) is 22.5. The Balaban J connectivity index is 1.44. The van der Waals surface area contributed by atoms with Crippen LogP contribution < -0.4 is 11.0 Å². The van der Waals surface area contributed by atoms with Crippen molar-refractivity contribution in [3.05, 3.63) is 113 Å². The molecule has 0 atom stereocenters. The molecule has 0 radical (unpaired) electrons. The van der Waals surface area contributed by atoms with E-state index in [1.165, 1.54) is 0 Å². The van der Waals surface area contributed by atoms with Gasteiger partial charge in [-0.2, -0.15) is 10.2 Å². The van der Waals surface area contributed by atoms with Crippen LogP contribution in [0.1, 0.15) is 5.56 Å². The lowest BCUT2D eigenvalue weighted by molar-refractivity contribution is 0.892. The number of aromatic nitrogens is 5. The third-order valence-electron chi connectivity index (χ3n) is 4.94. The molecule has 0 bridgehead atoms. The molecule has 5 aromatic rings. The molecule has 8 nitrogen and oxygen atoms in total. The molecule has 0 unspecified atom stereocenters. The zero-order valence-corrected chi connectivity index (χ0v) is 17.5. The quantitative estimate of drug-likeness (QED) is 0.310. The fourth-order valence-corrected chi connectivity index (χ4v) is 3.38. The highest BCUT2D eigenvalue weighted by molar-refractivity contribution is 5.80. The molecule has 0 amide bonds. The number of nitrogens with one attached hydrogen (secondary N) is 2. The largest absolute Gasteiger partial charge is 0.289 e. The van der Waals surface area contributed by atoms with Crippen molar-refractivity contribution < 1.29 is 0 Å². The number of anilines is 1. The van der Waals surface area contributed by atoms with Gasteiger partial charge in [-0.15, -0.1) is 10.2 Å². The molecule has 0 aliphatic carbocycles. The van der Waals surface area contributed by atoms with Gasteiger partial charge in [-0.1, -0.05) is 72.8 Å². The molecular weight excluding hydrogens is 414 g/mol. The monoisotopic (exact) mass is 433 g/mol. The predicted octanol–water partition coefficient (Wildman–Crippen LogP) is 4.13. The highest BCUT2D eigenvalue weighted by atomic mass is 16.1. The number of nitrogens with zero attached hydrogens (tertiary/aromatic N) is 5. The van der Waals surface area contributed by atoms with Crippen LogP contribution >= 0.6 is 0 Å². The molecule has 5 rings (SSSR count). The fourth-order valence-electron chi connectivity index (χ4n) is 3.38. The number of rotatable bonds is 6. The average Bonchev–Trinajstić information content (AvgIpc) is 3.31. The van der Waals surface area contributed by atoms with Crippen molar-refractivity contribution in [3.63, 3.8) is 0 Å². The van der Waals surface area contributed by atoms with E-state index in [-0.39, 0.29) is 11.5 Å². The van der Waals surface area contributed by atoms with Gasteiger partial charge in [0.15, 0.2) is 0 Å². The molecule has 0 saturated carbocycles. The molecule has 2 aromatic heterocycles. The van der Waals surface area contributed by atoms with Crippen LogP contribution in [0.15, 0.2) is 107 Å². The lowest BCUT2D eigenvalue weighted by Gasteiger charge is -2.08. The van der Waals surface area contributed by atoms with Gasteiger partial charge in [-0.25, -0.2) is 10.1 Å². The van der Waals surface area contributed by atoms with Crippen molar-refractivity contribution in [3.8, 4) is 28.2 Å². The van der Waals surface area contributed by atoms with Crippen LogP contribution in [0.5, 0.6) is 0 Å². The summed E-state index contributed by atoms with van der Waals surface area (Å²) < 4.78 is 1.95. The van der Waals surface area contributed by atoms with Crippen LogP contribution in [-0.4, -0.2) is 31.2 Å². The second-order valence-corrected chi connectivity index (χ2v) is 7.20. The SMILES string of the molecule is O=c1cnnc(N/N=C/c2ccc(-n3nc(-c4ccccc4)cc3-c3ccccc3)cc2)[nH]1. The minimum atomic E-state index is -0.352. The smallest absolute Gasteiger partial charge is 0.271 e. The van der Waals surface area contributed by atoms with Crippen LogP contribution in [0.4, 0.5) is 5.95 Å². The normalized spacial score (nSPS) is 11.0. The molecule has 160 valence electrons. The second kappa shape index (κ2) is 9.11. The number of H-pyrrole nitrogens is 1. The summed E-state index contributed by atoms with van der Waals surface area (Å²) >= 11 is 0. The van der Waals surface area contributed by atoms with Gasteiger partial charge in [0.25, 0.3) is 5.56 Å². The summed E-state index contributed by atoms with van der Waals surface area (Å²) in [6, 6.07) is 30.3. The van der Waals surface area contributed by atoms with E-state index in [0.717, 1.165) is 40.0 Å². The maximum Gasteiger partial charge on any atom is 0.271 e. The van der Waals surface area contributed by atoms with Crippen LogP contribution in [0, 0.1) is 0 Å². The van der Waals surface area contributed by atoms with Crippen molar-refractivity contribution in [1.29, 1.82) is 0 Å². The van der Waals surface area contributed by atoms with Gasteiger partial charge in [0, 0.05) is 11.1 Å². The molecule has 0 saturated heterocycles. The molecule has 2 N–H and O–H groups in total. The van der Waals surface area contributed by atoms with Gasteiger partial charge in [-0.05, 0) is 23.8 Å². The van der Waals surface area contributed by atoms with Crippen molar-refractivity contribution >= 4 is 12.2 Å². The lowest BCUT2D eigenvalue weighted by atomic mass is 10.1. The third-order valence-corrected chi connectivity index (χ3v) is 4.94. The molecule has 33 heavy (non-hydrogen) atoms. The Kier molecular flexibility index (Phi) is 5.54. The van der Waals surface area contributed by atoms with E-state index in [2.05, 4.69) is 56.0 Å². The first kappa shape index (κ1) is 20.1. The van der Waals surface area contributed by atoms with Gasteiger partial charge in [-0.3, -0.25) is 9.78 Å². The van der Waals surface area contributed by atoms with E-state index in [1.54, 1.807) is 6.21 Å². The highest BCUT2D eigenvalue weighted by Crippen LogP contribution is 2.28. The molecule has 0 aliphatic rings. The van der Waals surface area contributed by atoms with E-state index in [9.17, 15) is 4.79 Å². The van der Waals surface area contributed by atoms with E-state index in [1.807, 2.05) is 65.3 Å². The van der Waals surface area contributed by atoms with E-state index < -0.39 is 0 Å². The molecule has 8 heteroatoms. The zero-order valence-electron chi connectivity index (χ0n) is 17.5. The summed E-state index contributed by atoms with van der Waals surface area (Å²) in [5.41, 5.74) is 8.16. The predicted molar refractivity (Wildman–Crippen MR) is 128 cm³/mol. The standard InChI is InChI=1S/C25H19N7O/c33-24-17-27-30-25(28-24)29-26-16-18-11-13-21(14-12-18)32-23(20-9-5-2-6-10-20)15-22(31-32)19-7-3-1-4-8-19/h1-17H,(H2,28,29,30,33)/b26-16+. The van der Waals surface area contributed by atoms with Crippen LogP contribution in [-0.2, 0) is 0 Å². The Morgan fingerprint density at radius 3 is 2.27 bits per heavy atom. The van der Waals surface area contributed by atoms with Crippen LogP contribution in [0.25, 0.3) is 28.2 Å². The third kappa shape index (κ3) is 4.59. The minimum Gasteiger partial charge on any atom is -0.289 e. The summed E-state index contributed by atoms with van der Waals surface area (Å²) in [4.78, 5) is 13.8. The first-order chi connectivity index (χ1) is 16.3. The lowest BCUT2D eigenvalue weighted by Crippen LogP contribution is -2.10. The van der Waals surface area contributed by atoms with Crippen molar-refractivity contribution in [2.45, 2.75) is 0 Å². The second-order valence-electron chi connectivity index (χ2n) is 7.20. The fraction of sp³-hybridized carbons (Fsp3) is 0. The van der Waals surface area contributed by atoms with Gasteiger partial charge < -0.3 is 0 Å². The van der Waals surface area contributed by atoms with Crippen molar-refractivity contribution in [2.24, 2.45) is 5.10 Å². The molecule has 0 fully saturated rings. The van der Waals surface area contributed by atoms with E-state index in [0.29, 0.717) is 0 Å². The first-order valence-electron chi connectivity index (χ1n) is 10.3. The maximum atomic E-state index is 11.3. The molecular formula is C25H19N7O. The maximum absolute atomic E-state index is 11.3. The summed E-state index contributed by atoms with van der Waals surface area (Å²) in [6.07, 6.45) is 2.73. The Morgan fingerprint density at radius 2 is 1.58 bits per heavy atom. The Hall–Kier alpha value is -4.85. The topological polar surface area (TPSA) is 101 Å².